The summed E-state index contributed by atoms with van der Waals surface area (Å²) in [7, 11) is 1.70. The molecule has 2 fully saturated rings. The number of halogens is 1. The Morgan fingerprint density at radius 1 is 1.45 bits per heavy atom. The maximum atomic E-state index is 13.1. The Bertz CT molecular complexity index is 874. The molecule has 1 aromatic heterocycles. The normalized spacial score (nSPS) is 19.6. The highest BCUT2D eigenvalue weighted by atomic mass is 35.5. The summed E-state index contributed by atoms with van der Waals surface area (Å²) in [5.74, 6) is 0.0701. The number of methoxy groups -OCH3 is 1. The van der Waals surface area contributed by atoms with E-state index in [9.17, 15) is 4.79 Å². The fraction of sp³-hybridized carbons (Fsp3) is 0.619. The first-order valence-corrected chi connectivity index (χ1v) is 10.7. The van der Waals surface area contributed by atoms with Gasteiger partial charge in [-0.15, -0.1) is 0 Å². The lowest BCUT2D eigenvalue weighted by atomic mass is 10.1. The third kappa shape index (κ3) is 4.58. The lowest BCUT2D eigenvalue weighted by molar-refractivity contribution is -0.146. The first kappa shape index (κ1) is 20.6. The lowest BCUT2D eigenvalue weighted by Crippen LogP contribution is -2.49. The molecule has 1 N–H and O–H groups in total. The number of fused-ring (bicyclic) bond motifs is 1. The Morgan fingerprint density at radius 3 is 2.97 bits per heavy atom. The van der Waals surface area contributed by atoms with Crippen molar-refractivity contribution in [3.8, 4) is 0 Å². The molecule has 1 aromatic carbocycles. The van der Waals surface area contributed by atoms with Crippen LogP contribution in [0, 0.1) is 6.92 Å². The second-order valence-electron chi connectivity index (χ2n) is 7.89. The maximum absolute atomic E-state index is 13.1. The molecule has 1 saturated heterocycles. The van der Waals surface area contributed by atoms with Crippen molar-refractivity contribution in [3.05, 3.63) is 28.4 Å². The molecule has 4 rings (SSSR count). The zero-order valence-corrected chi connectivity index (χ0v) is 17.9. The monoisotopic (exact) mass is 420 g/mol. The molecule has 0 unspecified atom stereocenters. The van der Waals surface area contributed by atoms with Crippen molar-refractivity contribution < 1.29 is 14.3 Å². The van der Waals surface area contributed by atoms with Crippen LogP contribution < -0.4 is 5.32 Å². The number of nitrogens with zero attached hydrogens (tertiary/aromatic N) is 3. The van der Waals surface area contributed by atoms with Crippen molar-refractivity contribution in [1.82, 2.24) is 20.0 Å². The molecule has 158 valence electrons. The minimum atomic E-state index is -0.398. The van der Waals surface area contributed by atoms with E-state index >= 15 is 0 Å². The molecule has 2 heterocycles. The fourth-order valence-electron chi connectivity index (χ4n) is 3.99. The number of morpholine rings is 1. The lowest BCUT2D eigenvalue weighted by Gasteiger charge is -2.30. The van der Waals surface area contributed by atoms with Gasteiger partial charge in [0.1, 0.15) is 6.10 Å². The molecule has 1 amide bonds. The molecular formula is C21H29ClN4O3. The third-order valence-electron chi connectivity index (χ3n) is 5.58. The predicted octanol–water partition coefficient (Wildman–Crippen LogP) is 2.51. The summed E-state index contributed by atoms with van der Waals surface area (Å²) in [5, 5.41) is 9.58. The summed E-state index contributed by atoms with van der Waals surface area (Å²) in [6.45, 7) is 5.93. The Labute approximate surface area is 176 Å². The van der Waals surface area contributed by atoms with Gasteiger partial charge in [0, 0.05) is 51.3 Å². The van der Waals surface area contributed by atoms with Gasteiger partial charge in [0.25, 0.3) is 5.91 Å². The summed E-state index contributed by atoms with van der Waals surface area (Å²) in [6, 6.07) is 4.40. The van der Waals surface area contributed by atoms with Gasteiger partial charge in [0.05, 0.1) is 22.8 Å². The number of hydrogen-bond donors (Lipinski definition) is 1. The largest absolute Gasteiger partial charge is 0.385 e. The van der Waals surface area contributed by atoms with Gasteiger partial charge >= 0.3 is 0 Å². The number of carbonyl (C=O) groups is 1. The van der Waals surface area contributed by atoms with Crippen LogP contribution in [0.15, 0.2) is 12.1 Å². The molecular weight excluding hydrogens is 392 g/mol. The van der Waals surface area contributed by atoms with Crippen molar-refractivity contribution in [2.24, 2.45) is 0 Å². The zero-order chi connectivity index (χ0) is 20.4. The van der Waals surface area contributed by atoms with Gasteiger partial charge in [-0.1, -0.05) is 11.6 Å². The number of rotatable bonds is 8. The molecule has 1 saturated carbocycles. The molecule has 2 aliphatic rings. The van der Waals surface area contributed by atoms with Crippen LogP contribution in [-0.4, -0.2) is 66.1 Å². The smallest absolute Gasteiger partial charge is 0.253 e. The molecule has 0 spiro atoms. The van der Waals surface area contributed by atoms with Gasteiger partial charge in [-0.2, -0.15) is 5.10 Å². The van der Waals surface area contributed by atoms with Crippen molar-refractivity contribution in [3.63, 3.8) is 0 Å². The third-order valence-corrected chi connectivity index (χ3v) is 5.88. The minimum Gasteiger partial charge on any atom is -0.385 e. The average Bonchev–Trinajstić information content (AvgIpc) is 3.51. The van der Waals surface area contributed by atoms with Crippen molar-refractivity contribution >= 4 is 28.4 Å². The van der Waals surface area contributed by atoms with E-state index in [-0.39, 0.29) is 5.91 Å². The quantitative estimate of drug-likeness (QED) is 0.664. The number of carbonyl (C=O) groups excluding carboxylic acids is 1. The Hall–Kier alpha value is -1.67. The number of ether oxygens (including phenoxy) is 2. The fourth-order valence-corrected chi connectivity index (χ4v) is 4.37. The predicted molar refractivity (Wildman–Crippen MR) is 112 cm³/mol. The number of aromatic nitrogens is 2. The van der Waals surface area contributed by atoms with Crippen LogP contribution in [0.3, 0.4) is 0 Å². The minimum absolute atomic E-state index is 0.0701. The van der Waals surface area contributed by atoms with Crippen molar-refractivity contribution in [2.45, 2.75) is 51.4 Å². The average molecular weight is 421 g/mol. The molecule has 2 aromatic rings. The van der Waals surface area contributed by atoms with E-state index in [0.717, 1.165) is 54.5 Å². The van der Waals surface area contributed by atoms with Crippen LogP contribution >= 0.6 is 11.6 Å². The van der Waals surface area contributed by atoms with E-state index < -0.39 is 6.10 Å². The molecule has 1 atom stereocenters. The Balaban J connectivity index is 1.58. The Kier molecular flexibility index (Phi) is 6.39. The molecule has 0 radical (unpaired) electrons. The molecule has 1 aliphatic heterocycles. The zero-order valence-electron chi connectivity index (χ0n) is 17.1. The van der Waals surface area contributed by atoms with Gasteiger partial charge in [-0.25, -0.2) is 0 Å². The number of nitrogens with one attached hydrogen (secondary N) is 1. The van der Waals surface area contributed by atoms with Crippen LogP contribution in [0.2, 0.25) is 5.02 Å². The van der Waals surface area contributed by atoms with Gasteiger partial charge in [0.15, 0.2) is 0 Å². The maximum Gasteiger partial charge on any atom is 0.253 e. The van der Waals surface area contributed by atoms with E-state index in [1.165, 1.54) is 0 Å². The van der Waals surface area contributed by atoms with E-state index in [1.54, 1.807) is 7.11 Å². The summed E-state index contributed by atoms with van der Waals surface area (Å²) >= 11 is 6.63. The van der Waals surface area contributed by atoms with Crippen LogP contribution in [0.1, 0.15) is 30.5 Å². The highest BCUT2D eigenvalue weighted by molar-refractivity contribution is 6.35. The van der Waals surface area contributed by atoms with Crippen LogP contribution in [0.4, 0.5) is 0 Å². The van der Waals surface area contributed by atoms with Crippen LogP contribution in [0.5, 0.6) is 0 Å². The summed E-state index contributed by atoms with van der Waals surface area (Å²) in [4.78, 5) is 15.0. The summed E-state index contributed by atoms with van der Waals surface area (Å²) in [6.07, 6.45) is 2.59. The van der Waals surface area contributed by atoms with Crippen molar-refractivity contribution in [1.29, 1.82) is 0 Å². The van der Waals surface area contributed by atoms with E-state index in [0.29, 0.717) is 37.4 Å². The SMILES string of the molecule is COCCCn1nc(C)c2c(Cl)cc(CN(C(=O)[C@H]3CNCCO3)C3CC3)cc21. The second kappa shape index (κ2) is 9.00. The Morgan fingerprint density at radius 2 is 2.28 bits per heavy atom. The first-order chi connectivity index (χ1) is 14.1. The summed E-state index contributed by atoms with van der Waals surface area (Å²) in [5.41, 5.74) is 2.96. The highest BCUT2D eigenvalue weighted by Crippen LogP contribution is 2.33. The highest BCUT2D eigenvalue weighted by Gasteiger charge is 2.37. The van der Waals surface area contributed by atoms with E-state index in [2.05, 4.69) is 16.5 Å². The number of aryl methyl sites for hydroxylation is 2. The van der Waals surface area contributed by atoms with Gasteiger partial charge < -0.3 is 19.7 Å². The summed E-state index contributed by atoms with van der Waals surface area (Å²) < 4.78 is 12.9. The van der Waals surface area contributed by atoms with E-state index in [1.807, 2.05) is 22.6 Å². The second-order valence-corrected chi connectivity index (χ2v) is 8.29. The van der Waals surface area contributed by atoms with Gasteiger partial charge in [-0.05, 0) is 43.9 Å². The molecule has 29 heavy (non-hydrogen) atoms. The van der Waals surface area contributed by atoms with Gasteiger partial charge in [0.2, 0.25) is 0 Å². The van der Waals surface area contributed by atoms with Crippen molar-refractivity contribution in [2.75, 3.05) is 33.4 Å². The van der Waals surface area contributed by atoms with Crippen LogP contribution in [0.25, 0.3) is 10.9 Å². The molecule has 7 nitrogen and oxygen atoms in total. The number of benzene rings is 1. The molecule has 0 bridgehead atoms. The van der Waals surface area contributed by atoms with Crippen LogP contribution in [-0.2, 0) is 27.4 Å². The standard InChI is InChI=1S/C21H29ClN4O3/c1-14-20-17(22)10-15(11-18(20)26(24-14)7-3-8-28-2)13-25(16-4-5-16)21(27)19-12-23-6-9-29-19/h10-11,16,19,23H,3-9,12-13H2,1-2H3/t19-/m1/s1. The molecule has 8 heteroatoms. The van der Waals surface area contributed by atoms with Gasteiger partial charge in [-0.3, -0.25) is 9.48 Å². The number of hydrogen-bond acceptors (Lipinski definition) is 5. The van der Waals surface area contributed by atoms with E-state index in [4.69, 9.17) is 21.1 Å². The number of amides is 1. The first-order valence-electron chi connectivity index (χ1n) is 10.4. The molecule has 1 aliphatic carbocycles. The topological polar surface area (TPSA) is 68.6 Å².